The van der Waals surface area contributed by atoms with E-state index < -0.39 is 0 Å². The van der Waals surface area contributed by atoms with Gasteiger partial charge >= 0.3 is 0 Å². The van der Waals surface area contributed by atoms with Crippen molar-refractivity contribution in [3.8, 4) is 6.07 Å². The Morgan fingerprint density at radius 1 is 1.20 bits per heavy atom. The molecule has 4 aliphatic rings. The Labute approximate surface area is 122 Å². The van der Waals surface area contributed by atoms with Crippen LogP contribution in [0.5, 0.6) is 0 Å². The summed E-state index contributed by atoms with van der Waals surface area (Å²) in [6, 6.07) is 2.08. The summed E-state index contributed by atoms with van der Waals surface area (Å²) < 4.78 is 0. The minimum atomic E-state index is 0.161. The Balaban J connectivity index is 1.70. The van der Waals surface area contributed by atoms with E-state index in [0.29, 0.717) is 30.2 Å². The first-order valence-electron chi connectivity index (χ1n) is 8.00. The van der Waals surface area contributed by atoms with Gasteiger partial charge in [-0.05, 0) is 60.7 Å². The van der Waals surface area contributed by atoms with Crippen LogP contribution in [0.25, 0.3) is 0 Å². The molecule has 110 valence electrons. The normalized spacial score (nSPS) is 45.1. The summed E-state index contributed by atoms with van der Waals surface area (Å²) in [5, 5.41) is 11.5. The van der Waals surface area contributed by atoms with Gasteiger partial charge in [0.1, 0.15) is 0 Å². The number of hydrogen-bond acceptors (Lipinski definition) is 2. The largest absolute Gasteiger partial charge is 0.355 e. The maximum absolute atomic E-state index is 12.2. The molecular weight excluding hydrogens is 248 g/mol. The van der Waals surface area contributed by atoms with Gasteiger partial charge in [0.05, 0.1) is 12.5 Å². The van der Waals surface area contributed by atoms with Gasteiger partial charge in [0.15, 0.2) is 0 Å². The third-order valence-electron chi connectivity index (χ3n) is 5.84. The van der Waals surface area contributed by atoms with Crippen LogP contribution in [0.4, 0.5) is 0 Å². The molecule has 0 spiro atoms. The Kier molecular flexibility index (Phi) is 3.12. The zero-order valence-electron chi connectivity index (χ0n) is 12.8. The molecule has 20 heavy (non-hydrogen) atoms. The third kappa shape index (κ3) is 2.45. The van der Waals surface area contributed by atoms with Gasteiger partial charge in [0.2, 0.25) is 5.91 Å². The molecule has 0 aromatic heterocycles. The molecule has 0 aliphatic heterocycles. The van der Waals surface area contributed by atoms with Gasteiger partial charge in [-0.25, -0.2) is 0 Å². The van der Waals surface area contributed by atoms with E-state index in [1.54, 1.807) is 0 Å². The molecule has 4 bridgehead atoms. The molecule has 0 saturated heterocycles. The summed E-state index contributed by atoms with van der Waals surface area (Å²) >= 11 is 0. The first-order chi connectivity index (χ1) is 9.36. The highest BCUT2D eigenvalue weighted by atomic mass is 16.1. The number of carbonyl (C=O) groups excluding carboxylic acids is 1. The molecule has 4 fully saturated rings. The second-order valence-corrected chi connectivity index (χ2v) is 8.56. The third-order valence-corrected chi connectivity index (χ3v) is 5.84. The Morgan fingerprint density at radius 2 is 1.85 bits per heavy atom. The first kappa shape index (κ1) is 13.9. The summed E-state index contributed by atoms with van der Waals surface area (Å²) in [7, 11) is 0. The number of nitrogens with zero attached hydrogens (tertiary/aromatic N) is 1. The smallest absolute Gasteiger partial charge is 0.220 e. The standard InChI is InChI=1S/C17H26N2O/c1-15-6-13-7-16(2,10-15)12-17(8-13,11-15)9-14(20)19-5-3-4-18/h13H,3,5-12H2,1-2H3,(H,19,20). The van der Waals surface area contributed by atoms with Crippen molar-refractivity contribution in [2.24, 2.45) is 22.2 Å². The van der Waals surface area contributed by atoms with Crippen molar-refractivity contribution in [2.45, 2.75) is 65.2 Å². The van der Waals surface area contributed by atoms with E-state index in [4.69, 9.17) is 5.26 Å². The van der Waals surface area contributed by atoms with E-state index in [-0.39, 0.29) is 11.3 Å². The van der Waals surface area contributed by atoms with E-state index in [1.165, 1.54) is 38.5 Å². The number of amides is 1. The van der Waals surface area contributed by atoms with Crippen LogP contribution in [0.1, 0.15) is 65.2 Å². The maximum atomic E-state index is 12.2. The summed E-state index contributed by atoms with van der Waals surface area (Å²) in [6.07, 6.45) is 8.92. The molecule has 4 saturated carbocycles. The Morgan fingerprint density at radius 3 is 2.40 bits per heavy atom. The number of carbonyl (C=O) groups is 1. The highest BCUT2D eigenvalue weighted by Gasteiger charge is 2.60. The second kappa shape index (κ2) is 4.48. The minimum absolute atomic E-state index is 0.161. The van der Waals surface area contributed by atoms with Crippen molar-refractivity contribution in [3.63, 3.8) is 0 Å². The van der Waals surface area contributed by atoms with Gasteiger partial charge < -0.3 is 5.32 Å². The quantitative estimate of drug-likeness (QED) is 0.799. The molecule has 2 unspecified atom stereocenters. The first-order valence-corrected chi connectivity index (χ1v) is 8.00. The Bertz CT molecular complexity index is 446. The molecule has 1 amide bonds. The minimum Gasteiger partial charge on any atom is -0.355 e. The van der Waals surface area contributed by atoms with Crippen LogP contribution in [0, 0.1) is 33.5 Å². The predicted octanol–water partition coefficient (Wildman–Crippen LogP) is 3.40. The van der Waals surface area contributed by atoms with Gasteiger partial charge in [0.25, 0.3) is 0 Å². The number of nitrogens with one attached hydrogen (secondary N) is 1. The van der Waals surface area contributed by atoms with Crippen LogP contribution < -0.4 is 5.32 Å². The molecule has 1 N–H and O–H groups in total. The van der Waals surface area contributed by atoms with Gasteiger partial charge in [0, 0.05) is 13.0 Å². The van der Waals surface area contributed by atoms with Gasteiger partial charge in [-0.3, -0.25) is 4.79 Å². The summed E-state index contributed by atoms with van der Waals surface area (Å²) in [5.41, 5.74) is 1.20. The number of nitriles is 1. The molecule has 2 atom stereocenters. The van der Waals surface area contributed by atoms with Crippen molar-refractivity contribution in [3.05, 3.63) is 0 Å². The monoisotopic (exact) mass is 274 g/mol. The lowest BCUT2D eigenvalue weighted by Crippen LogP contribution is -2.56. The van der Waals surface area contributed by atoms with Crippen LogP contribution >= 0.6 is 0 Å². The van der Waals surface area contributed by atoms with Crippen LogP contribution in [0.3, 0.4) is 0 Å². The van der Waals surface area contributed by atoms with Crippen molar-refractivity contribution >= 4 is 5.91 Å². The topological polar surface area (TPSA) is 52.9 Å². The molecule has 3 heteroatoms. The van der Waals surface area contributed by atoms with Crippen LogP contribution in [-0.4, -0.2) is 12.5 Å². The second-order valence-electron chi connectivity index (χ2n) is 8.56. The molecule has 0 heterocycles. The Hall–Kier alpha value is -1.04. The summed E-state index contributed by atoms with van der Waals surface area (Å²) in [5.74, 6) is 1.00. The molecule has 3 nitrogen and oxygen atoms in total. The number of rotatable bonds is 4. The highest BCUT2D eigenvalue weighted by molar-refractivity contribution is 5.76. The molecule has 4 rings (SSSR count). The van der Waals surface area contributed by atoms with Crippen molar-refractivity contribution in [2.75, 3.05) is 6.54 Å². The number of hydrogen-bond donors (Lipinski definition) is 1. The molecule has 0 aromatic carbocycles. The fourth-order valence-corrected chi connectivity index (χ4v) is 6.54. The van der Waals surface area contributed by atoms with Crippen molar-refractivity contribution in [1.29, 1.82) is 5.26 Å². The summed E-state index contributed by atoms with van der Waals surface area (Å²) in [4.78, 5) is 12.2. The van der Waals surface area contributed by atoms with Gasteiger partial charge in [-0.2, -0.15) is 5.26 Å². The summed E-state index contributed by atoms with van der Waals surface area (Å²) in [6.45, 7) is 5.39. The highest BCUT2D eigenvalue weighted by Crippen LogP contribution is 2.70. The molecule has 4 aliphatic carbocycles. The van der Waals surface area contributed by atoms with Crippen molar-refractivity contribution in [1.82, 2.24) is 5.32 Å². The van der Waals surface area contributed by atoms with E-state index >= 15 is 0 Å². The molecule has 0 radical (unpaired) electrons. The maximum Gasteiger partial charge on any atom is 0.220 e. The molecular formula is C17H26N2O. The zero-order chi connectivity index (χ0) is 14.4. The van der Waals surface area contributed by atoms with Crippen LogP contribution in [-0.2, 0) is 4.79 Å². The SMILES string of the molecule is CC12CC3CC(C)(C1)CC(CC(=O)NCCC#N)(C3)C2. The fourth-order valence-electron chi connectivity index (χ4n) is 6.54. The van der Waals surface area contributed by atoms with Gasteiger partial charge in [-0.1, -0.05) is 13.8 Å². The lowest BCUT2D eigenvalue weighted by atomic mass is 9.40. The van der Waals surface area contributed by atoms with Crippen LogP contribution in [0.15, 0.2) is 0 Å². The van der Waals surface area contributed by atoms with Gasteiger partial charge in [-0.15, -0.1) is 0 Å². The zero-order valence-corrected chi connectivity index (χ0v) is 12.8. The van der Waals surface area contributed by atoms with E-state index in [2.05, 4.69) is 25.2 Å². The lowest BCUT2D eigenvalue weighted by Gasteiger charge is -2.65. The van der Waals surface area contributed by atoms with E-state index in [1.807, 2.05) is 0 Å². The van der Waals surface area contributed by atoms with Crippen molar-refractivity contribution < 1.29 is 4.79 Å². The molecule has 0 aromatic rings. The van der Waals surface area contributed by atoms with Crippen LogP contribution in [0.2, 0.25) is 0 Å². The van der Waals surface area contributed by atoms with E-state index in [0.717, 1.165) is 5.92 Å². The average molecular weight is 274 g/mol. The fraction of sp³-hybridized carbons (Fsp3) is 0.882. The van der Waals surface area contributed by atoms with E-state index in [9.17, 15) is 4.79 Å². The lowest BCUT2D eigenvalue weighted by molar-refractivity contribution is -0.156. The average Bonchev–Trinajstić information content (AvgIpc) is 2.22. The predicted molar refractivity (Wildman–Crippen MR) is 77.7 cm³/mol.